The Labute approximate surface area is 245 Å². The van der Waals surface area contributed by atoms with Crippen LogP contribution in [0.25, 0.3) is 27.9 Å². The number of fused-ring (bicyclic) bond motifs is 2. The number of hydrogen-bond acceptors (Lipinski definition) is 8. The van der Waals surface area contributed by atoms with Crippen molar-refractivity contribution >= 4 is 84.1 Å². The second-order valence-corrected chi connectivity index (χ2v) is 11.2. The van der Waals surface area contributed by atoms with E-state index in [1.165, 1.54) is 37.1 Å². The van der Waals surface area contributed by atoms with E-state index in [9.17, 15) is 12.8 Å². The molecule has 2 N–H and O–H groups in total. The van der Waals surface area contributed by atoms with Crippen LogP contribution < -0.4 is 10.0 Å². The molecule has 0 fully saturated rings. The van der Waals surface area contributed by atoms with Gasteiger partial charge in [-0.2, -0.15) is 0 Å². The highest BCUT2D eigenvalue weighted by atomic mass is 35.5. The molecule has 4 heterocycles. The third-order valence-corrected chi connectivity index (χ3v) is 8.53. The molecular formula is C25H13Cl3F2N8O2S. The first kappa shape index (κ1) is 27.0. The molecule has 0 aliphatic heterocycles. The number of rotatable bonds is 6. The smallest absolute Gasteiger partial charge is 0.263 e. The Morgan fingerprint density at radius 1 is 0.878 bits per heavy atom. The quantitative estimate of drug-likeness (QED) is 0.198. The fraction of sp³-hybridized carbons (Fsp3) is 0. The van der Waals surface area contributed by atoms with Gasteiger partial charge in [-0.1, -0.05) is 40.9 Å². The summed E-state index contributed by atoms with van der Waals surface area (Å²) in [5, 5.41) is 2.54. The van der Waals surface area contributed by atoms with Crippen LogP contribution in [0.1, 0.15) is 0 Å². The number of hydrogen-bond donors (Lipinski definition) is 2. The van der Waals surface area contributed by atoms with E-state index in [2.05, 4.69) is 35.0 Å². The molecule has 0 spiro atoms. The molecular weight excluding hydrogens is 621 g/mol. The van der Waals surface area contributed by atoms with E-state index in [1.54, 1.807) is 22.8 Å². The lowest BCUT2D eigenvalue weighted by Gasteiger charge is -2.15. The van der Waals surface area contributed by atoms with Gasteiger partial charge in [-0.05, 0) is 42.5 Å². The zero-order valence-electron chi connectivity index (χ0n) is 20.1. The average molecular weight is 634 g/mol. The second-order valence-electron chi connectivity index (χ2n) is 8.41. The monoisotopic (exact) mass is 632 g/mol. The Morgan fingerprint density at radius 3 is 2.54 bits per heavy atom. The fourth-order valence-corrected chi connectivity index (χ4v) is 6.03. The van der Waals surface area contributed by atoms with Gasteiger partial charge >= 0.3 is 0 Å². The molecule has 4 aromatic heterocycles. The van der Waals surface area contributed by atoms with Crippen LogP contribution in [0.5, 0.6) is 0 Å². The fourth-order valence-electron chi connectivity index (χ4n) is 4.00. The molecule has 0 atom stereocenters. The van der Waals surface area contributed by atoms with Crippen LogP contribution in [0.3, 0.4) is 0 Å². The van der Waals surface area contributed by atoms with Gasteiger partial charge in [-0.15, -0.1) is 0 Å². The van der Waals surface area contributed by atoms with Crippen molar-refractivity contribution in [2.75, 3.05) is 10.0 Å². The molecule has 0 aliphatic rings. The minimum Gasteiger partial charge on any atom is -0.333 e. The molecule has 16 heteroatoms. The number of imidazole rings is 1. The highest BCUT2D eigenvalue weighted by Crippen LogP contribution is 2.34. The Bertz CT molecular complexity index is 2110. The number of benzene rings is 2. The SMILES string of the molecule is O=S(=O)(Nc1ccc(F)c(Nc2ncnc3ccc(-n4cnc5c(Cl)nccc54)nc23)c1F)c1cccc(Cl)c1Cl. The Kier molecular flexibility index (Phi) is 6.82. The van der Waals surface area contributed by atoms with Gasteiger partial charge in [-0.3, -0.25) is 9.29 Å². The van der Waals surface area contributed by atoms with Crippen LogP contribution in [0.15, 0.2) is 72.3 Å². The average Bonchev–Trinajstić information content (AvgIpc) is 3.39. The minimum absolute atomic E-state index is 0.0116. The normalized spacial score (nSPS) is 11.7. The Morgan fingerprint density at radius 2 is 1.71 bits per heavy atom. The summed E-state index contributed by atoms with van der Waals surface area (Å²) >= 11 is 18.1. The highest BCUT2D eigenvalue weighted by Gasteiger charge is 2.24. The summed E-state index contributed by atoms with van der Waals surface area (Å²) in [5.41, 5.74) is 0.389. The van der Waals surface area contributed by atoms with Crippen molar-refractivity contribution < 1.29 is 17.2 Å². The summed E-state index contributed by atoms with van der Waals surface area (Å²) in [6, 6.07) is 10.8. The molecule has 6 aromatic rings. The minimum atomic E-state index is -4.40. The van der Waals surface area contributed by atoms with Gasteiger partial charge in [0.15, 0.2) is 16.8 Å². The summed E-state index contributed by atoms with van der Waals surface area (Å²) in [6.45, 7) is 0. The Hall–Kier alpha value is -4.17. The van der Waals surface area contributed by atoms with E-state index in [4.69, 9.17) is 34.8 Å². The number of pyridine rings is 2. The zero-order valence-corrected chi connectivity index (χ0v) is 23.2. The number of sulfonamides is 1. The lowest BCUT2D eigenvalue weighted by Crippen LogP contribution is -2.15. The first-order chi connectivity index (χ1) is 19.6. The van der Waals surface area contributed by atoms with Gasteiger partial charge < -0.3 is 5.32 Å². The second kappa shape index (κ2) is 10.3. The van der Waals surface area contributed by atoms with Gasteiger partial charge in [0, 0.05) is 6.20 Å². The maximum Gasteiger partial charge on any atom is 0.263 e. The standard InChI is InChI=1S/C25H13Cl3F2N8O2S/c26-12-2-1-3-17(19(12)27)41(39,40)37-14-5-4-13(29)21(20(14)30)36-25-22-15(32-10-33-25)6-7-18(35-22)38-11-34-23-16(38)8-9-31-24(23)28/h1-11,37H,(H,32,33,36). The van der Waals surface area contributed by atoms with Gasteiger partial charge in [0.1, 0.15) is 45.9 Å². The van der Waals surface area contributed by atoms with Crippen LogP contribution in [0, 0.1) is 11.6 Å². The summed E-state index contributed by atoms with van der Waals surface area (Å²) in [4.78, 5) is 20.8. The van der Waals surface area contributed by atoms with Crippen molar-refractivity contribution in [2.24, 2.45) is 0 Å². The molecule has 0 amide bonds. The molecule has 10 nitrogen and oxygen atoms in total. The van der Waals surface area contributed by atoms with E-state index < -0.39 is 33.0 Å². The van der Waals surface area contributed by atoms with Gasteiger partial charge in [0.05, 0.1) is 26.8 Å². The topological polar surface area (TPSA) is 128 Å². The summed E-state index contributed by atoms with van der Waals surface area (Å²) < 4.78 is 60.1. The first-order valence-corrected chi connectivity index (χ1v) is 14.1. The number of anilines is 3. The van der Waals surface area contributed by atoms with Gasteiger partial charge in [0.25, 0.3) is 10.0 Å². The van der Waals surface area contributed by atoms with E-state index in [-0.39, 0.29) is 31.4 Å². The number of aromatic nitrogens is 6. The summed E-state index contributed by atoms with van der Waals surface area (Å²) in [6.07, 6.45) is 4.21. The highest BCUT2D eigenvalue weighted by molar-refractivity contribution is 7.92. The molecule has 206 valence electrons. The van der Waals surface area contributed by atoms with E-state index in [1.807, 2.05) is 0 Å². The molecule has 0 aliphatic carbocycles. The van der Waals surface area contributed by atoms with Crippen molar-refractivity contribution in [1.29, 1.82) is 0 Å². The van der Waals surface area contributed by atoms with Crippen LogP contribution in [-0.2, 0) is 10.0 Å². The third-order valence-electron chi connectivity index (χ3n) is 5.92. The maximum atomic E-state index is 15.6. The predicted molar refractivity (Wildman–Crippen MR) is 152 cm³/mol. The lowest BCUT2D eigenvalue weighted by molar-refractivity contribution is 0.588. The third kappa shape index (κ3) is 4.86. The van der Waals surface area contributed by atoms with Crippen LogP contribution >= 0.6 is 34.8 Å². The van der Waals surface area contributed by atoms with Crippen molar-refractivity contribution in [1.82, 2.24) is 29.5 Å². The largest absolute Gasteiger partial charge is 0.333 e. The zero-order chi connectivity index (χ0) is 28.9. The number of nitrogens with zero attached hydrogens (tertiary/aromatic N) is 6. The van der Waals surface area contributed by atoms with Crippen LogP contribution in [0.4, 0.5) is 26.0 Å². The number of halogens is 5. The Balaban J connectivity index is 1.40. The first-order valence-electron chi connectivity index (χ1n) is 11.5. The summed E-state index contributed by atoms with van der Waals surface area (Å²) in [5.74, 6) is -1.91. The summed E-state index contributed by atoms with van der Waals surface area (Å²) in [7, 11) is -4.40. The molecule has 0 bridgehead atoms. The van der Waals surface area contributed by atoms with Crippen LogP contribution in [0.2, 0.25) is 15.2 Å². The molecule has 2 aromatic carbocycles. The van der Waals surface area contributed by atoms with E-state index >= 15 is 4.39 Å². The molecule has 0 saturated carbocycles. The van der Waals surface area contributed by atoms with Crippen LogP contribution in [-0.4, -0.2) is 37.9 Å². The molecule has 0 unspecified atom stereocenters. The molecule has 41 heavy (non-hydrogen) atoms. The molecule has 6 rings (SSSR count). The molecule has 0 saturated heterocycles. The predicted octanol–water partition coefficient (Wildman–Crippen LogP) is 6.54. The van der Waals surface area contributed by atoms with Gasteiger partial charge in [-0.25, -0.2) is 42.1 Å². The number of nitrogens with one attached hydrogen (secondary N) is 2. The van der Waals surface area contributed by atoms with E-state index in [0.717, 1.165) is 12.1 Å². The van der Waals surface area contributed by atoms with Crippen molar-refractivity contribution in [2.45, 2.75) is 4.90 Å². The van der Waals surface area contributed by atoms with Crippen molar-refractivity contribution in [3.05, 3.63) is 94.2 Å². The van der Waals surface area contributed by atoms with Crippen molar-refractivity contribution in [3.63, 3.8) is 0 Å². The molecule has 0 radical (unpaired) electrons. The van der Waals surface area contributed by atoms with Crippen molar-refractivity contribution in [3.8, 4) is 5.82 Å². The van der Waals surface area contributed by atoms with E-state index in [0.29, 0.717) is 22.4 Å². The lowest BCUT2D eigenvalue weighted by atomic mass is 10.2. The van der Waals surface area contributed by atoms with Gasteiger partial charge in [0.2, 0.25) is 0 Å². The maximum absolute atomic E-state index is 15.6.